The molecule has 1 aromatic heterocycles. The lowest BCUT2D eigenvalue weighted by molar-refractivity contribution is 0.415. The zero-order valence-corrected chi connectivity index (χ0v) is 19.6. The maximum Gasteiger partial charge on any atom is 0.118 e. The molecule has 0 aliphatic rings. The predicted molar refractivity (Wildman–Crippen MR) is 134 cm³/mol. The summed E-state index contributed by atoms with van der Waals surface area (Å²) >= 11 is 1.59. The topological polar surface area (TPSA) is 55.1 Å². The van der Waals surface area contributed by atoms with E-state index >= 15 is 0 Å². The number of nitriles is 1. The summed E-state index contributed by atoms with van der Waals surface area (Å²) in [6.45, 7) is 2.10. The fraction of sp³-hybridized carbons (Fsp3) is 0.143. The number of hydrogen-bond donors (Lipinski definition) is 0. The van der Waals surface area contributed by atoms with Gasteiger partial charge in [-0.25, -0.2) is 4.98 Å². The maximum absolute atomic E-state index is 10.1. The van der Waals surface area contributed by atoms with Gasteiger partial charge in [-0.2, -0.15) is 5.26 Å². The van der Waals surface area contributed by atoms with Gasteiger partial charge in [-0.05, 0) is 66.1 Å². The molecule has 0 atom stereocenters. The van der Waals surface area contributed by atoms with E-state index in [4.69, 9.17) is 14.5 Å². The van der Waals surface area contributed by atoms with Gasteiger partial charge in [0, 0.05) is 16.9 Å². The summed E-state index contributed by atoms with van der Waals surface area (Å²) in [5.74, 6) is 2.30. The number of methoxy groups -OCH3 is 2. The van der Waals surface area contributed by atoms with Crippen LogP contribution in [-0.4, -0.2) is 19.2 Å². The Morgan fingerprint density at radius 3 is 2.03 bits per heavy atom. The third-order valence-electron chi connectivity index (χ3n) is 5.51. The summed E-state index contributed by atoms with van der Waals surface area (Å²) in [6.07, 6.45) is 0. The molecule has 0 aliphatic heterocycles. The van der Waals surface area contributed by atoms with Gasteiger partial charge in [0.2, 0.25) is 0 Å². The summed E-state index contributed by atoms with van der Waals surface area (Å²) in [5.41, 5.74) is 6.62. The quantitative estimate of drug-likeness (QED) is 0.285. The molecule has 3 aromatic carbocycles. The third kappa shape index (κ3) is 5.02. The van der Waals surface area contributed by atoms with E-state index in [2.05, 4.69) is 25.1 Å². The molecule has 0 unspecified atom stereocenters. The van der Waals surface area contributed by atoms with Gasteiger partial charge in [0.25, 0.3) is 0 Å². The second-order valence-corrected chi connectivity index (χ2v) is 8.48. The van der Waals surface area contributed by atoms with Crippen LogP contribution in [0.1, 0.15) is 16.7 Å². The second kappa shape index (κ2) is 10.2. The lowest BCUT2D eigenvalue weighted by atomic mass is 9.99. The molecule has 164 valence electrons. The number of aryl methyl sites for hydroxylation is 1. The molecule has 4 rings (SSSR count). The Kier molecular flexibility index (Phi) is 6.97. The lowest BCUT2D eigenvalue weighted by Gasteiger charge is -2.14. The van der Waals surface area contributed by atoms with Crippen LogP contribution in [0.4, 0.5) is 0 Å². The summed E-state index contributed by atoms with van der Waals surface area (Å²) in [7, 11) is 3.29. The molecule has 1 heterocycles. The number of rotatable bonds is 7. The van der Waals surface area contributed by atoms with Gasteiger partial charge >= 0.3 is 0 Å². The Balaban J connectivity index is 1.81. The van der Waals surface area contributed by atoms with Crippen molar-refractivity contribution in [2.75, 3.05) is 14.2 Å². The van der Waals surface area contributed by atoms with Gasteiger partial charge in [0.05, 0.1) is 25.5 Å². The first-order valence-corrected chi connectivity index (χ1v) is 11.5. The van der Waals surface area contributed by atoms with Gasteiger partial charge in [0.15, 0.2) is 0 Å². The molecule has 5 heteroatoms. The Morgan fingerprint density at radius 2 is 1.45 bits per heavy atom. The molecule has 0 aliphatic carbocycles. The van der Waals surface area contributed by atoms with Gasteiger partial charge in [-0.3, -0.25) is 0 Å². The third-order valence-corrected chi connectivity index (χ3v) is 6.53. The molecule has 33 heavy (non-hydrogen) atoms. The van der Waals surface area contributed by atoms with E-state index in [9.17, 15) is 5.26 Å². The summed E-state index contributed by atoms with van der Waals surface area (Å²) in [4.78, 5) is 4.91. The Morgan fingerprint density at radius 1 is 0.848 bits per heavy atom. The van der Waals surface area contributed by atoms with Crippen LogP contribution in [0, 0.1) is 18.3 Å². The van der Waals surface area contributed by atoms with Crippen LogP contribution in [-0.2, 0) is 5.75 Å². The largest absolute Gasteiger partial charge is 0.497 e. The van der Waals surface area contributed by atoms with Crippen molar-refractivity contribution in [1.29, 1.82) is 5.26 Å². The number of benzene rings is 3. The van der Waals surface area contributed by atoms with E-state index in [-0.39, 0.29) is 0 Å². The standard InChI is InChI=1S/C28H24N2O2S/c1-19-6-4-5-7-22(19)18-33-28-26(17-29)25(20-8-12-23(31-2)13-9-20)16-27(30-28)21-10-14-24(32-3)15-11-21/h4-16H,18H2,1-3H3. The fourth-order valence-electron chi connectivity index (χ4n) is 3.56. The molecule has 0 amide bonds. The minimum atomic E-state index is 0.580. The average molecular weight is 453 g/mol. The molecule has 0 N–H and O–H groups in total. The molecule has 4 nitrogen and oxygen atoms in total. The van der Waals surface area contributed by atoms with E-state index in [0.717, 1.165) is 44.7 Å². The first-order chi connectivity index (χ1) is 16.1. The van der Waals surface area contributed by atoms with E-state index < -0.39 is 0 Å². The minimum Gasteiger partial charge on any atom is -0.497 e. The van der Waals surface area contributed by atoms with Gasteiger partial charge in [-0.1, -0.05) is 36.4 Å². The number of thioether (sulfide) groups is 1. The SMILES string of the molecule is COc1ccc(-c2cc(-c3ccc(OC)cc3)c(C#N)c(SCc3ccccc3C)n2)cc1. The summed E-state index contributed by atoms with van der Waals surface area (Å²) in [5, 5.41) is 10.8. The minimum absolute atomic E-state index is 0.580. The van der Waals surface area contributed by atoms with Crippen LogP contribution >= 0.6 is 11.8 Å². The van der Waals surface area contributed by atoms with E-state index in [1.54, 1.807) is 26.0 Å². The smallest absolute Gasteiger partial charge is 0.118 e. The van der Waals surface area contributed by atoms with Crippen molar-refractivity contribution < 1.29 is 9.47 Å². The second-order valence-electron chi connectivity index (χ2n) is 7.52. The molecule has 4 aromatic rings. The monoisotopic (exact) mass is 452 g/mol. The van der Waals surface area contributed by atoms with Crippen molar-refractivity contribution in [3.63, 3.8) is 0 Å². The van der Waals surface area contributed by atoms with Crippen LogP contribution in [0.25, 0.3) is 22.4 Å². The molecule has 0 fully saturated rings. The van der Waals surface area contributed by atoms with Crippen LogP contribution in [0.5, 0.6) is 11.5 Å². The first-order valence-electron chi connectivity index (χ1n) is 10.5. The highest BCUT2D eigenvalue weighted by molar-refractivity contribution is 7.98. The zero-order chi connectivity index (χ0) is 23.2. The highest BCUT2D eigenvalue weighted by atomic mass is 32.2. The van der Waals surface area contributed by atoms with Gasteiger partial charge < -0.3 is 9.47 Å². The number of nitrogens with zero attached hydrogens (tertiary/aromatic N) is 2. The maximum atomic E-state index is 10.1. The Hall–Kier alpha value is -3.75. The molecular weight excluding hydrogens is 428 g/mol. The van der Waals surface area contributed by atoms with E-state index in [0.29, 0.717) is 5.56 Å². The van der Waals surface area contributed by atoms with E-state index in [1.807, 2.05) is 66.7 Å². The molecule has 0 saturated carbocycles. The molecule has 0 spiro atoms. The van der Waals surface area contributed by atoms with Crippen LogP contribution < -0.4 is 9.47 Å². The van der Waals surface area contributed by atoms with Crippen molar-refractivity contribution >= 4 is 11.8 Å². The Bertz CT molecular complexity index is 1290. The van der Waals surface area contributed by atoms with Crippen molar-refractivity contribution in [1.82, 2.24) is 4.98 Å². The van der Waals surface area contributed by atoms with E-state index in [1.165, 1.54) is 11.1 Å². The number of aromatic nitrogens is 1. The average Bonchev–Trinajstić information content (AvgIpc) is 2.87. The van der Waals surface area contributed by atoms with Crippen LogP contribution in [0.15, 0.2) is 83.9 Å². The highest BCUT2D eigenvalue weighted by Crippen LogP contribution is 2.36. The number of pyridine rings is 1. The summed E-state index contributed by atoms with van der Waals surface area (Å²) < 4.78 is 10.6. The van der Waals surface area contributed by atoms with Gasteiger partial charge in [-0.15, -0.1) is 11.8 Å². The lowest BCUT2D eigenvalue weighted by Crippen LogP contribution is -1.97. The number of ether oxygens (including phenoxy) is 2. The Labute approximate surface area is 198 Å². The number of hydrogen-bond acceptors (Lipinski definition) is 5. The van der Waals surface area contributed by atoms with Crippen molar-refractivity contribution in [3.05, 3.63) is 95.6 Å². The summed E-state index contributed by atoms with van der Waals surface area (Å²) in [6, 6.07) is 28.3. The first kappa shape index (κ1) is 22.4. The molecule has 0 radical (unpaired) electrons. The fourth-order valence-corrected chi connectivity index (χ4v) is 4.64. The highest BCUT2D eigenvalue weighted by Gasteiger charge is 2.16. The van der Waals surface area contributed by atoms with Crippen LogP contribution in [0.3, 0.4) is 0 Å². The molecular formula is C28H24N2O2S. The molecule has 0 saturated heterocycles. The van der Waals surface area contributed by atoms with Crippen molar-refractivity contribution in [3.8, 4) is 40.0 Å². The van der Waals surface area contributed by atoms with Crippen molar-refractivity contribution in [2.45, 2.75) is 17.7 Å². The van der Waals surface area contributed by atoms with Crippen molar-refractivity contribution in [2.24, 2.45) is 0 Å². The predicted octanol–water partition coefficient (Wildman–Crippen LogP) is 6.91. The molecule has 0 bridgehead atoms. The van der Waals surface area contributed by atoms with Gasteiger partial charge in [0.1, 0.15) is 22.6 Å². The van der Waals surface area contributed by atoms with Crippen LogP contribution in [0.2, 0.25) is 0 Å². The zero-order valence-electron chi connectivity index (χ0n) is 18.8. The normalized spacial score (nSPS) is 10.5.